The Bertz CT molecular complexity index is 1510. The topological polar surface area (TPSA) is 84.9 Å². The van der Waals surface area contributed by atoms with Crippen molar-refractivity contribution in [3.63, 3.8) is 0 Å². The molecule has 276 valence electrons. The zero-order chi connectivity index (χ0) is 35.7. The Morgan fingerprint density at radius 2 is 1.72 bits per heavy atom. The highest BCUT2D eigenvalue weighted by Crippen LogP contribution is 2.62. The fraction of sp³-hybridized carbons (Fsp3) is 0.658. The number of aliphatic hydroxyl groups is 1. The number of halogens is 5. The van der Waals surface area contributed by atoms with Crippen molar-refractivity contribution in [3.8, 4) is 5.75 Å². The third-order valence-corrected chi connectivity index (χ3v) is 13.6. The van der Waals surface area contributed by atoms with Gasteiger partial charge in [-0.25, -0.2) is 4.79 Å². The van der Waals surface area contributed by atoms with Gasteiger partial charge in [-0.15, -0.1) is 0 Å². The summed E-state index contributed by atoms with van der Waals surface area (Å²) < 4.78 is 88.0. The van der Waals surface area contributed by atoms with Crippen LogP contribution in [0.15, 0.2) is 42.5 Å². The molecule has 4 aliphatic rings. The molecule has 3 aliphatic carbocycles. The summed E-state index contributed by atoms with van der Waals surface area (Å²) >= 11 is 0. The van der Waals surface area contributed by atoms with E-state index in [9.17, 15) is 36.1 Å². The highest BCUT2D eigenvalue weighted by molar-refractivity contribution is 7.84. The van der Waals surface area contributed by atoms with Crippen LogP contribution in [0.2, 0.25) is 0 Å². The van der Waals surface area contributed by atoms with Crippen molar-refractivity contribution in [2.45, 2.75) is 108 Å². The van der Waals surface area contributed by atoms with Crippen molar-refractivity contribution < 1.29 is 45.5 Å². The van der Waals surface area contributed by atoms with Gasteiger partial charge >= 0.3 is 18.2 Å². The maximum Gasteiger partial charge on any atom is 0.453 e. The van der Waals surface area contributed by atoms with E-state index >= 15 is 0 Å². The standard InChI is InChI=1S/C38H48F5NO5S/c1-36-17-13-31-30-10-9-29(49-35(46)44-28-7-5-24(6-8-28)25-14-18-48-19-15-25)23-27(30)22-26(34(31)32(36)11-12-33(36)45)4-2-20-50(47)21-3-16-37(39,40)38(41,42)43/h5-10,23,25-26,31-34,45H,2-4,11-22H2,1H3,(H,44,46)/t26-,31-,32+,33+,34-,36+,50?/m1/s1. The maximum atomic E-state index is 13.3. The first-order valence-electron chi connectivity index (χ1n) is 18.0. The molecule has 1 unspecified atom stereocenters. The van der Waals surface area contributed by atoms with E-state index in [-0.39, 0.29) is 34.9 Å². The highest BCUT2D eigenvalue weighted by atomic mass is 32.2. The van der Waals surface area contributed by atoms with E-state index in [0.717, 1.165) is 70.1 Å². The fourth-order valence-corrected chi connectivity index (χ4v) is 10.6. The number of hydrogen-bond donors (Lipinski definition) is 2. The van der Waals surface area contributed by atoms with Gasteiger partial charge in [0.2, 0.25) is 0 Å². The minimum absolute atomic E-state index is 0.173. The molecule has 0 spiro atoms. The number of nitrogens with one attached hydrogen (secondary N) is 1. The molecule has 0 radical (unpaired) electrons. The average Bonchev–Trinajstić information content (AvgIpc) is 3.38. The lowest BCUT2D eigenvalue weighted by Gasteiger charge is -2.53. The van der Waals surface area contributed by atoms with Crippen LogP contribution < -0.4 is 10.1 Å². The second-order valence-corrected chi connectivity index (χ2v) is 16.8. The van der Waals surface area contributed by atoms with Crippen LogP contribution in [0, 0.1) is 23.2 Å². The van der Waals surface area contributed by atoms with Gasteiger partial charge in [0.05, 0.1) is 6.10 Å². The van der Waals surface area contributed by atoms with Crippen LogP contribution in [-0.4, -0.2) is 58.3 Å². The van der Waals surface area contributed by atoms with Gasteiger partial charge in [-0.2, -0.15) is 22.0 Å². The molecule has 7 atom stereocenters. The number of alkyl halides is 5. The highest BCUT2D eigenvalue weighted by Gasteiger charge is 2.57. The number of anilines is 1. The molecule has 2 N–H and O–H groups in total. The molecule has 1 heterocycles. The van der Waals surface area contributed by atoms with E-state index in [0.29, 0.717) is 35.6 Å². The van der Waals surface area contributed by atoms with Crippen LogP contribution in [0.1, 0.15) is 99.7 Å². The van der Waals surface area contributed by atoms with Gasteiger partial charge in [-0.1, -0.05) is 25.1 Å². The second-order valence-electron chi connectivity index (χ2n) is 15.1. The van der Waals surface area contributed by atoms with Gasteiger partial charge in [0.1, 0.15) is 5.75 Å². The van der Waals surface area contributed by atoms with Crippen molar-refractivity contribution in [3.05, 3.63) is 59.2 Å². The summed E-state index contributed by atoms with van der Waals surface area (Å²) in [6, 6.07) is 13.7. The lowest BCUT2D eigenvalue weighted by molar-refractivity contribution is -0.284. The second kappa shape index (κ2) is 15.2. The number of aliphatic hydroxyl groups excluding tert-OH is 1. The van der Waals surface area contributed by atoms with Gasteiger partial charge in [-0.05, 0) is 140 Å². The first kappa shape index (κ1) is 37.2. The summed E-state index contributed by atoms with van der Waals surface area (Å²) in [5, 5.41) is 13.8. The Morgan fingerprint density at radius 3 is 2.44 bits per heavy atom. The Labute approximate surface area is 293 Å². The van der Waals surface area contributed by atoms with E-state index in [1.807, 2.05) is 36.4 Å². The molecule has 1 aliphatic heterocycles. The zero-order valence-electron chi connectivity index (χ0n) is 28.5. The number of carbonyl (C=O) groups is 1. The number of rotatable bonds is 11. The van der Waals surface area contributed by atoms with Gasteiger partial charge in [0, 0.05) is 47.6 Å². The largest absolute Gasteiger partial charge is 0.453 e. The lowest BCUT2D eigenvalue weighted by atomic mass is 9.52. The smallest absolute Gasteiger partial charge is 0.410 e. The first-order chi connectivity index (χ1) is 23.7. The van der Waals surface area contributed by atoms with Crippen LogP contribution in [0.5, 0.6) is 5.75 Å². The van der Waals surface area contributed by atoms with Crippen LogP contribution in [-0.2, 0) is 22.0 Å². The molecule has 0 bridgehead atoms. The summed E-state index contributed by atoms with van der Waals surface area (Å²) in [5.41, 5.74) is 4.03. The SMILES string of the molecule is C[C@]12CC[C@@H]3c4ccc(OC(=O)Nc5ccc(C6CCOCC6)cc5)cc4C[C@@H](CCCS(=O)CCCC(F)(F)C(F)(F)F)[C@H]3[C@@H]1CC[C@@H]2O. The minimum Gasteiger partial charge on any atom is -0.410 e. The Kier molecular flexibility index (Phi) is 11.3. The Balaban J connectivity index is 1.10. The van der Waals surface area contributed by atoms with E-state index < -0.39 is 41.8 Å². The first-order valence-corrected chi connectivity index (χ1v) is 19.5. The number of fused-ring (bicyclic) bond motifs is 5. The molecule has 50 heavy (non-hydrogen) atoms. The van der Waals surface area contributed by atoms with Crippen LogP contribution in [0.3, 0.4) is 0 Å². The molecule has 1 saturated heterocycles. The summed E-state index contributed by atoms with van der Waals surface area (Å²) in [4.78, 5) is 12.9. The summed E-state index contributed by atoms with van der Waals surface area (Å²) in [6.07, 6.45) is -0.880. The van der Waals surface area contributed by atoms with E-state index in [1.54, 1.807) is 0 Å². The van der Waals surface area contributed by atoms with E-state index in [1.165, 1.54) is 11.1 Å². The minimum atomic E-state index is -5.60. The molecule has 1 amide bonds. The van der Waals surface area contributed by atoms with Crippen molar-refractivity contribution in [2.75, 3.05) is 30.0 Å². The third kappa shape index (κ3) is 8.07. The van der Waals surface area contributed by atoms with Crippen LogP contribution in [0.25, 0.3) is 0 Å². The molecule has 3 fully saturated rings. The molecule has 2 aromatic carbocycles. The summed E-state index contributed by atoms with van der Waals surface area (Å²) in [7, 11) is -1.50. The van der Waals surface area contributed by atoms with E-state index in [4.69, 9.17) is 9.47 Å². The predicted octanol–water partition coefficient (Wildman–Crippen LogP) is 9.14. The molecule has 0 aromatic heterocycles. The summed E-state index contributed by atoms with van der Waals surface area (Å²) in [5.74, 6) is -2.75. The Hall–Kier alpha value is -2.57. The third-order valence-electron chi connectivity index (χ3n) is 12.1. The van der Waals surface area contributed by atoms with Crippen LogP contribution in [0.4, 0.5) is 32.4 Å². The number of ether oxygens (including phenoxy) is 2. The number of benzene rings is 2. The maximum absolute atomic E-state index is 13.3. The van der Waals surface area contributed by atoms with Crippen LogP contribution >= 0.6 is 0 Å². The molecular formula is C38H48F5NO5S. The normalized spacial score (nSPS) is 29.1. The van der Waals surface area contributed by atoms with Gasteiger partial charge < -0.3 is 14.6 Å². The van der Waals surface area contributed by atoms with Gasteiger partial charge in [-0.3, -0.25) is 9.53 Å². The molecule has 2 aromatic rings. The monoisotopic (exact) mass is 725 g/mol. The quantitative estimate of drug-likeness (QED) is 0.226. The number of hydrogen-bond acceptors (Lipinski definition) is 5. The summed E-state index contributed by atoms with van der Waals surface area (Å²) in [6.45, 7) is 3.71. The van der Waals surface area contributed by atoms with Gasteiger partial charge in [0.25, 0.3) is 0 Å². The number of amides is 1. The predicted molar refractivity (Wildman–Crippen MR) is 182 cm³/mol. The molecule has 6 rings (SSSR count). The molecule has 12 heteroatoms. The molecule has 6 nitrogen and oxygen atoms in total. The number of carbonyl (C=O) groups excluding carboxylic acids is 1. The van der Waals surface area contributed by atoms with Crippen molar-refractivity contribution in [2.24, 2.45) is 23.2 Å². The molecule has 2 saturated carbocycles. The average molecular weight is 726 g/mol. The zero-order valence-corrected chi connectivity index (χ0v) is 29.3. The Morgan fingerprint density at radius 1 is 1.00 bits per heavy atom. The lowest BCUT2D eigenvalue weighted by Crippen LogP contribution is -2.47. The van der Waals surface area contributed by atoms with Gasteiger partial charge in [0.15, 0.2) is 0 Å². The molecular weight excluding hydrogens is 677 g/mol. The van der Waals surface area contributed by atoms with Crippen molar-refractivity contribution >= 4 is 22.6 Å². The van der Waals surface area contributed by atoms with E-state index in [2.05, 4.69) is 18.3 Å². The van der Waals surface area contributed by atoms with Crippen molar-refractivity contribution in [1.82, 2.24) is 0 Å². The fourth-order valence-electron chi connectivity index (χ4n) is 9.41. The van der Waals surface area contributed by atoms with Crippen molar-refractivity contribution in [1.29, 1.82) is 0 Å².